The average Bonchev–Trinajstić information content (AvgIpc) is 3.06. The van der Waals surface area contributed by atoms with Crippen LogP contribution in [0.3, 0.4) is 0 Å². The summed E-state index contributed by atoms with van der Waals surface area (Å²) in [4.78, 5) is 12.6. The quantitative estimate of drug-likeness (QED) is 0.934. The number of carbonyl (C=O) groups excluding carboxylic acids is 1. The van der Waals surface area contributed by atoms with E-state index < -0.39 is 0 Å². The van der Waals surface area contributed by atoms with Crippen molar-refractivity contribution >= 4 is 11.5 Å². The molecule has 6 nitrogen and oxygen atoms in total. The van der Waals surface area contributed by atoms with Gasteiger partial charge in [-0.05, 0) is 24.3 Å². The Bertz CT molecular complexity index is 817. The molecule has 0 bridgehead atoms. The molecule has 0 aromatic heterocycles. The maximum absolute atomic E-state index is 12.6. The number of nitrogens with one attached hydrogen (secondary N) is 1. The zero-order valence-corrected chi connectivity index (χ0v) is 13.4. The maximum Gasteiger partial charge on any atom is 0.231 e. The van der Waals surface area contributed by atoms with Crippen molar-refractivity contribution in [2.45, 2.75) is 12.5 Å². The number of anilines is 1. The Morgan fingerprint density at radius 1 is 1.08 bits per heavy atom. The van der Waals surface area contributed by atoms with Crippen LogP contribution in [0.15, 0.2) is 30.3 Å². The van der Waals surface area contributed by atoms with Crippen molar-refractivity contribution in [3.05, 3.63) is 41.5 Å². The Morgan fingerprint density at radius 2 is 1.88 bits per heavy atom. The van der Waals surface area contributed by atoms with Crippen LogP contribution in [0.5, 0.6) is 23.0 Å². The minimum atomic E-state index is -0.199. The largest absolute Gasteiger partial charge is 0.497 e. The van der Waals surface area contributed by atoms with Crippen LogP contribution >= 0.6 is 0 Å². The average molecular weight is 327 g/mol. The smallest absolute Gasteiger partial charge is 0.231 e. The van der Waals surface area contributed by atoms with Gasteiger partial charge in [0, 0.05) is 29.3 Å². The Balaban J connectivity index is 1.74. The molecule has 0 unspecified atom stereocenters. The second-order valence-corrected chi connectivity index (χ2v) is 5.68. The van der Waals surface area contributed by atoms with Crippen LogP contribution in [-0.2, 0) is 0 Å². The number of hydrogen-bond acceptors (Lipinski definition) is 6. The van der Waals surface area contributed by atoms with Gasteiger partial charge >= 0.3 is 0 Å². The summed E-state index contributed by atoms with van der Waals surface area (Å²) in [5.74, 6) is 2.74. The molecule has 0 saturated carbocycles. The van der Waals surface area contributed by atoms with Crippen LogP contribution in [0.4, 0.5) is 5.69 Å². The predicted octanol–water partition coefficient (Wildman–Crippen LogP) is 3.17. The third-order valence-electron chi connectivity index (χ3n) is 4.34. The van der Waals surface area contributed by atoms with E-state index in [0.717, 1.165) is 17.0 Å². The second kappa shape index (κ2) is 5.63. The molecule has 0 fully saturated rings. The Kier molecular flexibility index (Phi) is 3.45. The van der Waals surface area contributed by atoms with E-state index in [-0.39, 0.29) is 18.6 Å². The van der Waals surface area contributed by atoms with Gasteiger partial charge in [-0.1, -0.05) is 0 Å². The summed E-state index contributed by atoms with van der Waals surface area (Å²) < 4.78 is 21.5. The Hall–Kier alpha value is -2.89. The van der Waals surface area contributed by atoms with E-state index in [9.17, 15) is 4.79 Å². The number of ketones is 1. The van der Waals surface area contributed by atoms with Crippen molar-refractivity contribution in [2.75, 3.05) is 26.3 Å². The highest BCUT2D eigenvalue weighted by Gasteiger charge is 2.30. The highest BCUT2D eigenvalue weighted by atomic mass is 16.7. The van der Waals surface area contributed by atoms with Gasteiger partial charge in [-0.3, -0.25) is 4.79 Å². The molecule has 24 heavy (non-hydrogen) atoms. The summed E-state index contributed by atoms with van der Waals surface area (Å²) in [6, 6.07) is 8.92. The van der Waals surface area contributed by atoms with Crippen molar-refractivity contribution < 1.29 is 23.7 Å². The molecule has 2 aromatic rings. The monoisotopic (exact) mass is 327 g/mol. The summed E-state index contributed by atoms with van der Waals surface area (Å²) in [6.45, 7) is 0.180. The fraction of sp³-hybridized carbons (Fsp3) is 0.278. The van der Waals surface area contributed by atoms with Crippen LogP contribution < -0.4 is 24.3 Å². The molecule has 2 aromatic carbocycles. The molecular weight excluding hydrogens is 310 g/mol. The number of fused-ring (bicyclic) bond motifs is 2. The normalized spacial score (nSPS) is 17.9. The highest BCUT2D eigenvalue weighted by molar-refractivity contribution is 6.04. The van der Waals surface area contributed by atoms with Crippen LogP contribution in [0, 0.1) is 0 Å². The molecule has 0 aliphatic carbocycles. The lowest BCUT2D eigenvalue weighted by molar-refractivity contribution is 0.0971. The molecule has 0 saturated heterocycles. The molecule has 2 aliphatic heterocycles. The van der Waals surface area contributed by atoms with Gasteiger partial charge in [0.25, 0.3) is 0 Å². The van der Waals surface area contributed by atoms with Gasteiger partial charge in [0.1, 0.15) is 11.5 Å². The maximum atomic E-state index is 12.6. The standard InChI is InChI=1S/C18H17NO5/c1-21-10-3-4-16(22-2)12(5-10)13-7-15(20)11-6-17-18(24-9-23-17)8-14(11)19-13/h3-6,8,13,19H,7,9H2,1-2H3/t13-/m1/s1. The minimum absolute atomic E-state index is 0.0527. The number of carbonyl (C=O) groups is 1. The van der Waals surface area contributed by atoms with Gasteiger partial charge < -0.3 is 24.3 Å². The molecular formula is C18H17NO5. The van der Waals surface area contributed by atoms with Crippen molar-refractivity contribution in [1.82, 2.24) is 0 Å². The molecule has 1 N–H and O–H groups in total. The lowest BCUT2D eigenvalue weighted by Gasteiger charge is -2.28. The summed E-state index contributed by atoms with van der Waals surface area (Å²) in [7, 11) is 3.23. The van der Waals surface area contributed by atoms with E-state index in [4.69, 9.17) is 18.9 Å². The first kappa shape index (κ1) is 14.7. The third kappa shape index (κ3) is 2.31. The van der Waals surface area contributed by atoms with E-state index in [1.807, 2.05) is 24.3 Å². The number of ether oxygens (including phenoxy) is 4. The Labute approximate surface area is 139 Å². The topological polar surface area (TPSA) is 66.0 Å². The van der Waals surface area contributed by atoms with Crippen molar-refractivity contribution in [1.29, 1.82) is 0 Å². The van der Waals surface area contributed by atoms with Gasteiger partial charge in [-0.2, -0.15) is 0 Å². The second-order valence-electron chi connectivity index (χ2n) is 5.68. The number of benzene rings is 2. The summed E-state index contributed by atoms with van der Waals surface area (Å²) in [5, 5.41) is 3.41. The highest BCUT2D eigenvalue weighted by Crippen LogP contribution is 2.43. The molecule has 0 spiro atoms. The lowest BCUT2D eigenvalue weighted by Crippen LogP contribution is -2.23. The van der Waals surface area contributed by atoms with E-state index in [1.165, 1.54) is 0 Å². The van der Waals surface area contributed by atoms with Crippen LogP contribution in [0.1, 0.15) is 28.4 Å². The molecule has 0 radical (unpaired) electrons. The van der Waals surface area contributed by atoms with Gasteiger partial charge in [0.15, 0.2) is 17.3 Å². The predicted molar refractivity (Wildman–Crippen MR) is 87.4 cm³/mol. The van der Waals surface area contributed by atoms with E-state index >= 15 is 0 Å². The van der Waals surface area contributed by atoms with Crippen molar-refractivity contribution in [3.8, 4) is 23.0 Å². The summed E-state index contributed by atoms with van der Waals surface area (Å²) in [6.07, 6.45) is 0.330. The lowest BCUT2D eigenvalue weighted by atomic mass is 9.91. The van der Waals surface area contributed by atoms with Gasteiger partial charge in [0.2, 0.25) is 6.79 Å². The SMILES string of the molecule is COc1ccc(OC)c([C@H]2CC(=O)c3cc4c(cc3N2)OCO4)c1. The van der Waals surface area contributed by atoms with Crippen LogP contribution in [0.25, 0.3) is 0 Å². The number of methoxy groups -OCH3 is 2. The number of hydrogen-bond donors (Lipinski definition) is 1. The van der Waals surface area contributed by atoms with E-state index in [2.05, 4.69) is 5.32 Å². The summed E-state index contributed by atoms with van der Waals surface area (Å²) >= 11 is 0. The fourth-order valence-corrected chi connectivity index (χ4v) is 3.13. The Morgan fingerprint density at radius 3 is 2.62 bits per heavy atom. The third-order valence-corrected chi connectivity index (χ3v) is 4.34. The fourth-order valence-electron chi connectivity index (χ4n) is 3.13. The summed E-state index contributed by atoms with van der Waals surface area (Å²) in [5.41, 5.74) is 2.25. The van der Waals surface area contributed by atoms with Crippen LogP contribution in [0.2, 0.25) is 0 Å². The van der Waals surface area contributed by atoms with E-state index in [1.54, 1.807) is 20.3 Å². The first-order chi connectivity index (χ1) is 11.7. The van der Waals surface area contributed by atoms with Gasteiger partial charge in [-0.15, -0.1) is 0 Å². The molecule has 1 atom stereocenters. The van der Waals surface area contributed by atoms with Crippen molar-refractivity contribution in [2.24, 2.45) is 0 Å². The molecule has 0 amide bonds. The molecule has 2 heterocycles. The van der Waals surface area contributed by atoms with Gasteiger partial charge in [0.05, 0.1) is 20.3 Å². The first-order valence-corrected chi connectivity index (χ1v) is 7.65. The first-order valence-electron chi connectivity index (χ1n) is 7.65. The molecule has 124 valence electrons. The zero-order chi connectivity index (χ0) is 16.7. The molecule has 6 heteroatoms. The number of rotatable bonds is 3. The molecule has 2 aliphatic rings. The van der Waals surface area contributed by atoms with Crippen molar-refractivity contribution in [3.63, 3.8) is 0 Å². The zero-order valence-electron chi connectivity index (χ0n) is 13.4. The van der Waals surface area contributed by atoms with E-state index in [0.29, 0.717) is 29.2 Å². The number of Topliss-reactive ketones (excluding diaryl/α,β-unsaturated/α-hetero) is 1. The van der Waals surface area contributed by atoms with Gasteiger partial charge in [-0.25, -0.2) is 0 Å². The molecule has 4 rings (SSSR count). The minimum Gasteiger partial charge on any atom is -0.497 e. The van der Waals surface area contributed by atoms with Crippen LogP contribution in [-0.4, -0.2) is 26.8 Å².